The first-order valence-corrected chi connectivity index (χ1v) is 9.18. The van der Waals surface area contributed by atoms with Gasteiger partial charge >= 0.3 is 0 Å². The second kappa shape index (κ2) is 4.84. The lowest BCUT2D eigenvalue weighted by molar-refractivity contribution is -0.178. The molecule has 130 valence electrons. The summed E-state index contributed by atoms with van der Waals surface area (Å²) in [5.74, 6) is 0.238. The van der Waals surface area contributed by atoms with Crippen molar-refractivity contribution in [1.29, 1.82) is 0 Å². The summed E-state index contributed by atoms with van der Waals surface area (Å²) in [5, 5.41) is 0. The molecule has 0 aliphatic carbocycles. The number of rotatable bonds is 1. The zero-order valence-electron chi connectivity index (χ0n) is 14.5. The largest absolute Gasteiger partial charge is 0.364 e. The van der Waals surface area contributed by atoms with Gasteiger partial charge in [0.25, 0.3) is 5.91 Å². The van der Waals surface area contributed by atoms with Gasteiger partial charge in [-0.25, -0.2) is 0 Å². The van der Waals surface area contributed by atoms with Crippen LogP contribution in [0.25, 0.3) is 0 Å². The van der Waals surface area contributed by atoms with E-state index in [2.05, 4.69) is 43.3 Å². The van der Waals surface area contributed by atoms with Crippen LogP contribution in [0.4, 0.5) is 0 Å². The lowest BCUT2D eigenvalue weighted by Gasteiger charge is -2.50. The summed E-state index contributed by atoms with van der Waals surface area (Å²) in [5.41, 5.74) is 3.02. The molecule has 4 aliphatic heterocycles. The van der Waals surface area contributed by atoms with E-state index in [9.17, 15) is 4.79 Å². The molecule has 1 amide bonds. The fraction of sp³-hybridized carbons (Fsp3) is 0.318. The molecule has 5 atom stereocenters. The minimum Gasteiger partial charge on any atom is -0.364 e. The number of hydrogen-bond donors (Lipinski definition) is 0. The predicted molar refractivity (Wildman–Crippen MR) is 95.6 cm³/mol. The Morgan fingerprint density at radius 2 is 1.81 bits per heavy atom. The summed E-state index contributed by atoms with van der Waals surface area (Å²) in [6.07, 6.45) is 4.23. The molecule has 2 fully saturated rings. The summed E-state index contributed by atoms with van der Waals surface area (Å²) in [7, 11) is 0. The van der Waals surface area contributed by atoms with Gasteiger partial charge in [-0.05, 0) is 13.0 Å². The molecule has 6 rings (SSSR count). The maximum atomic E-state index is 13.5. The van der Waals surface area contributed by atoms with Crippen molar-refractivity contribution < 1.29 is 14.3 Å². The normalized spacial score (nSPS) is 36.2. The van der Waals surface area contributed by atoms with Gasteiger partial charge in [0.2, 0.25) is 0 Å². The highest BCUT2D eigenvalue weighted by Gasteiger charge is 2.64. The van der Waals surface area contributed by atoms with E-state index in [1.54, 1.807) is 0 Å². The Balaban J connectivity index is 1.61. The summed E-state index contributed by atoms with van der Waals surface area (Å²) >= 11 is 0. The minimum absolute atomic E-state index is 0.0138. The van der Waals surface area contributed by atoms with Gasteiger partial charge in [0.15, 0.2) is 5.72 Å². The van der Waals surface area contributed by atoms with Gasteiger partial charge in [0, 0.05) is 22.6 Å². The molecule has 26 heavy (non-hydrogen) atoms. The summed E-state index contributed by atoms with van der Waals surface area (Å²) in [4.78, 5) is 15.4. The highest BCUT2D eigenvalue weighted by Crippen LogP contribution is 2.54. The quantitative estimate of drug-likeness (QED) is 0.746. The number of ether oxygens (including phenoxy) is 2. The topological polar surface area (TPSA) is 38.8 Å². The van der Waals surface area contributed by atoms with Crippen LogP contribution < -0.4 is 0 Å². The fourth-order valence-electron chi connectivity index (χ4n) is 5.13. The highest BCUT2D eigenvalue weighted by molar-refractivity contribution is 6.01. The summed E-state index contributed by atoms with van der Waals surface area (Å²) in [6.45, 7) is 2.65. The van der Waals surface area contributed by atoms with Crippen LogP contribution in [0.2, 0.25) is 0 Å². The maximum absolute atomic E-state index is 13.5. The average Bonchev–Trinajstić information content (AvgIpc) is 3.35. The van der Waals surface area contributed by atoms with Crippen molar-refractivity contribution in [3.8, 4) is 0 Å². The molecule has 4 heterocycles. The predicted octanol–water partition coefficient (Wildman–Crippen LogP) is 3.00. The Hall–Kier alpha value is -2.43. The molecule has 0 spiro atoms. The van der Waals surface area contributed by atoms with Crippen LogP contribution in [-0.4, -0.2) is 35.7 Å². The molecule has 0 unspecified atom stereocenters. The van der Waals surface area contributed by atoms with Crippen molar-refractivity contribution >= 4 is 5.91 Å². The van der Waals surface area contributed by atoms with Crippen LogP contribution >= 0.6 is 0 Å². The molecule has 4 heteroatoms. The third-order valence-corrected chi connectivity index (χ3v) is 6.31. The molecule has 0 N–H and O–H groups in total. The molecule has 4 nitrogen and oxygen atoms in total. The van der Waals surface area contributed by atoms with Gasteiger partial charge in [0.1, 0.15) is 0 Å². The maximum Gasteiger partial charge on any atom is 0.257 e. The molecule has 0 saturated carbocycles. The Bertz CT molecular complexity index is 950. The lowest BCUT2D eigenvalue weighted by atomic mass is 9.83. The van der Waals surface area contributed by atoms with Crippen molar-refractivity contribution in [2.75, 3.05) is 6.61 Å². The van der Waals surface area contributed by atoms with E-state index in [0.717, 1.165) is 16.7 Å². The average molecular weight is 345 g/mol. The first-order chi connectivity index (χ1) is 12.7. The number of carbonyl (C=O) groups is 1. The van der Waals surface area contributed by atoms with Crippen LogP contribution in [0.15, 0.2) is 60.7 Å². The highest BCUT2D eigenvalue weighted by atomic mass is 16.5. The molecule has 2 bridgehead atoms. The van der Waals surface area contributed by atoms with Crippen LogP contribution in [0.3, 0.4) is 0 Å². The van der Waals surface area contributed by atoms with Gasteiger partial charge in [-0.2, -0.15) is 0 Å². The fourth-order valence-corrected chi connectivity index (χ4v) is 5.13. The number of amides is 1. The third-order valence-electron chi connectivity index (χ3n) is 6.31. The van der Waals surface area contributed by atoms with Gasteiger partial charge < -0.3 is 9.47 Å². The van der Waals surface area contributed by atoms with Crippen LogP contribution in [-0.2, 0) is 15.2 Å². The first-order valence-electron chi connectivity index (χ1n) is 9.18. The number of fused-ring (bicyclic) bond motifs is 9. The molecule has 0 radical (unpaired) electrons. The van der Waals surface area contributed by atoms with Gasteiger partial charge in [0.05, 0.1) is 24.9 Å². The molecule has 2 saturated heterocycles. The molecule has 2 aromatic carbocycles. The van der Waals surface area contributed by atoms with E-state index in [1.807, 2.05) is 29.2 Å². The van der Waals surface area contributed by atoms with Crippen LogP contribution in [0, 0.1) is 12.8 Å². The number of nitrogens with zero attached hydrogens (tertiary/aromatic N) is 1. The van der Waals surface area contributed by atoms with E-state index in [-0.39, 0.29) is 30.1 Å². The van der Waals surface area contributed by atoms with E-state index in [0.29, 0.717) is 6.61 Å². The minimum atomic E-state index is -0.857. The Morgan fingerprint density at radius 3 is 2.65 bits per heavy atom. The van der Waals surface area contributed by atoms with Crippen molar-refractivity contribution in [1.82, 2.24) is 4.90 Å². The molecule has 4 aliphatic rings. The second-order valence-corrected chi connectivity index (χ2v) is 7.65. The van der Waals surface area contributed by atoms with Gasteiger partial charge in [-0.1, -0.05) is 60.2 Å². The van der Waals surface area contributed by atoms with E-state index in [4.69, 9.17) is 9.47 Å². The van der Waals surface area contributed by atoms with Crippen molar-refractivity contribution in [3.63, 3.8) is 0 Å². The van der Waals surface area contributed by atoms with Gasteiger partial charge in [-0.15, -0.1) is 0 Å². The first kappa shape index (κ1) is 14.7. The Kier molecular flexibility index (Phi) is 2.74. The Morgan fingerprint density at radius 1 is 1.04 bits per heavy atom. The zero-order valence-corrected chi connectivity index (χ0v) is 14.5. The van der Waals surface area contributed by atoms with Crippen LogP contribution in [0.1, 0.15) is 27.0 Å². The van der Waals surface area contributed by atoms with E-state index >= 15 is 0 Å². The van der Waals surface area contributed by atoms with E-state index < -0.39 is 5.72 Å². The van der Waals surface area contributed by atoms with E-state index in [1.165, 1.54) is 5.56 Å². The molecule has 2 aromatic rings. The molecule has 0 aromatic heterocycles. The number of benzene rings is 2. The summed E-state index contributed by atoms with van der Waals surface area (Å²) < 4.78 is 12.7. The summed E-state index contributed by atoms with van der Waals surface area (Å²) in [6, 6.07) is 16.2. The monoisotopic (exact) mass is 345 g/mol. The third kappa shape index (κ3) is 1.60. The molecular formula is C22H19NO3. The lowest BCUT2D eigenvalue weighted by Crippen LogP contribution is -2.62. The SMILES string of the molecule is Cc1ccc([C@]23OC[C@H]4[C@H]([C@@H]5C=C[C@H]4O5)N2C(=O)c2ccccc23)cc1. The van der Waals surface area contributed by atoms with Crippen molar-refractivity contribution in [2.24, 2.45) is 5.92 Å². The Labute approximate surface area is 152 Å². The smallest absolute Gasteiger partial charge is 0.257 e. The van der Waals surface area contributed by atoms with Crippen molar-refractivity contribution in [3.05, 3.63) is 82.9 Å². The second-order valence-electron chi connectivity index (χ2n) is 7.65. The van der Waals surface area contributed by atoms with Gasteiger partial charge in [-0.3, -0.25) is 9.69 Å². The number of carbonyl (C=O) groups excluding carboxylic acids is 1. The number of aryl methyl sites for hydroxylation is 1. The zero-order chi connectivity index (χ0) is 17.5. The van der Waals surface area contributed by atoms with Crippen molar-refractivity contribution in [2.45, 2.75) is 30.9 Å². The number of hydrogen-bond acceptors (Lipinski definition) is 3. The standard InChI is InChI=1S/C22H19NO3/c1-13-6-8-14(9-7-13)22-17-5-3-2-4-15(17)21(24)23(22)20-16(12-25-22)18-10-11-19(20)26-18/h2-11,16,18-20H,12H2,1H3/t16-,18-,19+,20-,22-/m1/s1. The molecular weight excluding hydrogens is 326 g/mol. The van der Waals surface area contributed by atoms with Crippen LogP contribution in [0.5, 0.6) is 0 Å².